The van der Waals surface area contributed by atoms with E-state index in [0.717, 1.165) is 6.42 Å². The molecule has 0 aromatic rings. The molecule has 0 amide bonds. The third-order valence-electron chi connectivity index (χ3n) is 2.04. The van der Waals surface area contributed by atoms with Gasteiger partial charge in [0, 0.05) is 0 Å². The number of aliphatic hydroxyl groups excluding tert-OH is 1. The SMILES string of the molecule is C/C(=C\I)C[C@H]1O[C@]1(C)CO. The standard InChI is InChI=1S/C8H13IO2/c1-6(4-9)3-7-8(2,5-10)11-7/h4,7,10H,3,5H2,1-2H3/b6-4+/t7-,8-/m1/s1. The lowest BCUT2D eigenvalue weighted by Gasteiger charge is -1.99. The molecule has 0 spiro atoms. The Bertz CT molecular complexity index is 179. The van der Waals surface area contributed by atoms with Gasteiger partial charge >= 0.3 is 0 Å². The van der Waals surface area contributed by atoms with E-state index in [1.165, 1.54) is 5.57 Å². The first-order chi connectivity index (χ1) is 5.12. The zero-order valence-electron chi connectivity index (χ0n) is 6.80. The second-order valence-electron chi connectivity index (χ2n) is 3.24. The van der Waals surface area contributed by atoms with Gasteiger partial charge in [-0.15, -0.1) is 0 Å². The second kappa shape index (κ2) is 3.41. The van der Waals surface area contributed by atoms with Crippen LogP contribution in [0.4, 0.5) is 0 Å². The lowest BCUT2D eigenvalue weighted by molar-refractivity contribution is 0.184. The van der Waals surface area contributed by atoms with Gasteiger partial charge in [-0.1, -0.05) is 28.2 Å². The van der Waals surface area contributed by atoms with E-state index in [1.54, 1.807) is 0 Å². The summed E-state index contributed by atoms with van der Waals surface area (Å²) in [6.45, 7) is 4.15. The summed E-state index contributed by atoms with van der Waals surface area (Å²) in [6, 6.07) is 0. The average molecular weight is 268 g/mol. The first-order valence-electron chi connectivity index (χ1n) is 3.67. The van der Waals surface area contributed by atoms with Crippen molar-refractivity contribution < 1.29 is 9.84 Å². The van der Waals surface area contributed by atoms with Crippen LogP contribution >= 0.6 is 22.6 Å². The van der Waals surface area contributed by atoms with Crippen LogP contribution in [-0.4, -0.2) is 23.4 Å². The predicted octanol–water partition coefficient (Wildman–Crippen LogP) is 1.87. The predicted molar refractivity (Wildman–Crippen MR) is 52.8 cm³/mol. The zero-order chi connectivity index (χ0) is 8.48. The van der Waals surface area contributed by atoms with E-state index in [2.05, 4.69) is 33.6 Å². The monoisotopic (exact) mass is 268 g/mol. The van der Waals surface area contributed by atoms with Crippen LogP contribution < -0.4 is 0 Å². The van der Waals surface area contributed by atoms with E-state index >= 15 is 0 Å². The molecule has 64 valence electrons. The van der Waals surface area contributed by atoms with Crippen molar-refractivity contribution >= 4 is 22.6 Å². The van der Waals surface area contributed by atoms with Crippen LogP contribution in [0, 0.1) is 0 Å². The highest BCUT2D eigenvalue weighted by molar-refractivity contribution is 14.1. The Labute approximate surface area is 80.8 Å². The Morgan fingerprint density at radius 2 is 2.45 bits per heavy atom. The van der Waals surface area contributed by atoms with E-state index in [1.807, 2.05) is 6.92 Å². The average Bonchev–Trinajstić information content (AvgIpc) is 2.63. The molecule has 0 aromatic carbocycles. The minimum atomic E-state index is -0.249. The van der Waals surface area contributed by atoms with Gasteiger partial charge in [0.15, 0.2) is 0 Å². The summed E-state index contributed by atoms with van der Waals surface area (Å²) in [6.07, 6.45) is 1.18. The molecule has 0 radical (unpaired) electrons. The maximum Gasteiger partial charge on any atom is 0.115 e. The van der Waals surface area contributed by atoms with Crippen LogP contribution in [-0.2, 0) is 4.74 Å². The van der Waals surface area contributed by atoms with Crippen molar-refractivity contribution in [2.45, 2.75) is 32.0 Å². The van der Waals surface area contributed by atoms with E-state index < -0.39 is 0 Å². The molecule has 11 heavy (non-hydrogen) atoms. The summed E-state index contributed by atoms with van der Waals surface area (Å²) in [5, 5.41) is 8.87. The van der Waals surface area contributed by atoms with Crippen molar-refractivity contribution in [1.29, 1.82) is 0 Å². The highest BCUT2D eigenvalue weighted by atomic mass is 127. The Kier molecular flexibility index (Phi) is 2.94. The largest absolute Gasteiger partial charge is 0.393 e. The van der Waals surface area contributed by atoms with Gasteiger partial charge in [0.05, 0.1) is 12.7 Å². The maximum absolute atomic E-state index is 8.87. The summed E-state index contributed by atoms with van der Waals surface area (Å²) < 4.78 is 7.38. The first-order valence-corrected chi connectivity index (χ1v) is 4.91. The Morgan fingerprint density at radius 1 is 1.82 bits per heavy atom. The minimum Gasteiger partial charge on any atom is -0.393 e. The molecule has 1 saturated heterocycles. The second-order valence-corrected chi connectivity index (χ2v) is 3.86. The molecule has 0 bridgehead atoms. The van der Waals surface area contributed by atoms with Crippen LogP contribution in [0.15, 0.2) is 9.66 Å². The van der Waals surface area contributed by atoms with Crippen LogP contribution in [0.25, 0.3) is 0 Å². The molecule has 0 unspecified atom stereocenters. The molecule has 2 atom stereocenters. The molecule has 2 nitrogen and oxygen atoms in total. The van der Waals surface area contributed by atoms with E-state index in [4.69, 9.17) is 9.84 Å². The van der Waals surface area contributed by atoms with Crippen molar-refractivity contribution in [2.24, 2.45) is 0 Å². The van der Waals surface area contributed by atoms with Gasteiger partial charge < -0.3 is 9.84 Å². The molecular formula is C8H13IO2. The number of halogens is 1. The molecule has 1 heterocycles. The third kappa shape index (κ3) is 2.16. The molecule has 1 aliphatic heterocycles. The molecular weight excluding hydrogens is 255 g/mol. The van der Waals surface area contributed by atoms with Gasteiger partial charge in [0.2, 0.25) is 0 Å². The fraction of sp³-hybridized carbons (Fsp3) is 0.750. The number of rotatable bonds is 3. The topological polar surface area (TPSA) is 32.8 Å². The third-order valence-corrected chi connectivity index (χ3v) is 3.11. The van der Waals surface area contributed by atoms with Crippen LogP contribution in [0.5, 0.6) is 0 Å². The number of ether oxygens (including phenoxy) is 1. The van der Waals surface area contributed by atoms with E-state index in [9.17, 15) is 0 Å². The summed E-state index contributed by atoms with van der Waals surface area (Å²) in [5.74, 6) is 0. The fourth-order valence-corrected chi connectivity index (χ4v) is 1.28. The minimum absolute atomic E-state index is 0.131. The normalized spacial score (nSPS) is 37.5. The number of hydrogen-bond donors (Lipinski definition) is 1. The fourth-order valence-electron chi connectivity index (χ4n) is 1.02. The summed E-state index contributed by atoms with van der Waals surface area (Å²) >= 11 is 2.22. The first kappa shape index (κ1) is 9.48. The zero-order valence-corrected chi connectivity index (χ0v) is 8.96. The highest BCUT2D eigenvalue weighted by Crippen LogP contribution is 2.39. The van der Waals surface area contributed by atoms with Gasteiger partial charge in [-0.2, -0.15) is 0 Å². The molecule has 1 aliphatic rings. The molecule has 0 saturated carbocycles. The summed E-state index contributed by atoms with van der Waals surface area (Å²) in [7, 11) is 0. The smallest absolute Gasteiger partial charge is 0.115 e. The van der Waals surface area contributed by atoms with Crippen molar-refractivity contribution in [3.05, 3.63) is 9.66 Å². The maximum atomic E-state index is 8.87. The quantitative estimate of drug-likeness (QED) is 0.626. The Balaban J connectivity index is 2.34. The molecule has 1 N–H and O–H groups in total. The van der Waals surface area contributed by atoms with Gasteiger partial charge in [0.1, 0.15) is 5.60 Å². The van der Waals surface area contributed by atoms with Crippen LogP contribution in [0.2, 0.25) is 0 Å². The van der Waals surface area contributed by atoms with Crippen molar-refractivity contribution in [3.63, 3.8) is 0 Å². The van der Waals surface area contributed by atoms with Crippen molar-refractivity contribution in [2.75, 3.05) is 6.61 Å². The lowest BCUT2D eigenvalue weighted by Crippen LogP contribution is -2.15. The molecule has 1 rings (SSSR count). The Morgan fingerprint density at radius 3 is 2.82 bits per heavy atom. The van der Waals surface area contributed by atoms with Gasteiger partial charge in [0.25, 0.3) is 0 Å². The van der Waals surface area contributed by atoms with Gasteiger partial charge in [-0.05, 0) is 24.4 Å². The summed E-state index contributed by atoms with van der Waals surface area (Å²) in [5.41, 5.74) is 1.06. The number of epoxide rings is 1. The molecule has 0 aliphatic carbocycles. The number of hydrogen-bond acceptors (Lipinski definition) is 2. The lowest BCUT2D eigenvalue weighted by atomic mass is 10.0. The molecule has 0 aromatic heterocycles. The Hall–Kier alpha value is 0.390. The van der Waals surface area contributed by atoms with Gasteiger partial charge in [-0.25, -0.2) is 0 Å². The van der Waals surface area contributed by atoms with E-state index in [-0.39, 0.29) is 18.3 Å². The van der Waals surface area contributed by atoms with Crippen molar-refractivity contribution in [1.82, 2.24) is 0 Å². The van der Waals surface area contributed by atoms with Gasteiger partial charge in [-0.3, -0.25) is 0 Å². The van der Waals surface area contributed by atoms with Crippen LogP contribution in [0.3, 0.4) is 0 Å². The van der Waals surface area contributed by atoms with Crippen LogP contribution in [0.1, 0.15) is 20.3 Å². The molecule has 1 fully saturated rings. The highest BCUT2D eigenvalue weighted by Gasteiger charge is 2.51. The summed E-state index contributed by atoms with van der Waals surface area (Å²) in [4.78, 5) is 0. The number of aliphatic hydroxyl groups is 1. The molecule has 3 heteroatoms. The van der Waals surface area contributed by atoms with Crippen molar-refractivity contribution in [3.8, 4) is 0 Å². The van der Waals surface area contributed by atoms with E-state index in [0.29, 0.717) is 0 Å².